The van der Waals surface area contributed by atoms with Gasteiger partial charge in [0.2, 0.25) is 0 Å². The van der Waals surface area contributed by atoms with Crippen molar-refractivity contribution >= 4 is 21.2 Å². The number of methoxy groups -OCH3 is 2. The molecule has 1 aromatic rings. The Morgan fingerprint density at radius 1 is 1.20 bits per heavy atom. The van der Waals surface area contributed by atoms with E-state index >= 15 is 0 Å². The lowest BCUT2D eigenvalue weighted by molar-refractivity contribution is -0.00461. The van der Waals surface area contributed by atoms with Crippen molar-refractivity contribution in [3.05, 3.63) is 18.2 Å². The fourth-order valence-electron chi connectivity index (χ4n) is 2.44. The number of nitrogen functional groups attached to an aromatic ring is 1. The summed E-state index contributed by atoms with van der Waals surface area (Å²) in [5.41, 5.74) is 7.23. The van der Waals surface area contributed by atoms with E-state index < -0.39 is 9.84 Å². The van der Waals surface area contributed by atoms with E-state index in [9.17, 15) is 8.42 Å². The number of nitrogens with two attached hydrogens (primary N) is 1. The first-order valence-electron chi connectivity index (χ1n) is 6.27. The quantitative estimate of drug-likeness (QED) is 0.817. The number of anilines is 2. The third kappa shape index (κ3) is 2.89. The van der Waals surface area contributed by atoms with Gasteiger partial charge in [0.1, 0.15) is 12.2 Å². The molecule has 1 heterocycles. The Balaban J connectivity index is 2.27. The largest absolute Gasteiger partial charge is 0.397 e. The van der Waals surface area contributed by atoms with Crippen LogP contribution in [0, 0.1) is 0 Å². The number of nitrogens with zero attached hydrogens (tertiary/aromatic N) is 1. The molecule has 1 saturated heterocycles. The van der Waals surface area contributed by atoms with E-state index in [-0.39, 0.29) is 17.1 Å². The number of hydrogen-bond donors (Lipinski definition) is 1. The molecular weight excluding hydrogens is 280 g/mol. The lowest BCUT2D eigenvalue weighted by Gasteiger charge is -2.20. The zero-order valence-electron chi connectivity index (χ0n) is 11.9. The van der Waals surface area contributed by atoms with Crippen LogP contribution in [-0.2, 0) is 19.3 Å². The fourth-order valence-corrected chi connectivity index (χ4v) is 3.10. The summed E-state index contributed by atoms with van der Waals surface area (Å²) in [6.07, 6.45) is 1.13. The Morgan fingerprint density at radius 3 is 2.15 bits per heavy atom. The van der Waals surface area contributed by atoms with Crippen LogP contribution in [0.5, 0.6) is 0 Å². The minimum atomic E-state index is -3.24. The van der Waals surface area contributed by atoms with Crippen LogP contribution < -0.4 is 10.6 Å². The summed E-state index contributed by atoms with van der Waals surface area (Å²) >= 11 is 0. The summed E-state index contributed by atoms with van der Waals surface area (Å²) in [5.74, 6) is 0. The number of sulfone groups is 1. The topological polar surface area (TPSA) is 81.9 Å². The maximum absolute atomic E-state index is 11.5. The highest BCUT2D eigenvalue weighted by Gasteiger charge is 2.33. The van der Waals surface area contributed by atoms with Gasteiger partial charge in [-0.05, 0) is 18.2 Å². The van der Waals surface area contributed by atoms with Gasteiger partial charge >= 0.3 is 0 Å². The van der Waals surface area contributed by atoms with Crippen molar-refractivity contribution < 1.29 is 17.9 Å². The molecule has 0 aliphatic carbocycles. The third-order valence-electron chi connectivity index (χ3n) is 3.59. The molecule has 2 N–H and O–H groups in total. The van der Waals surface area contributed by atoms with Gasteiger partial charge in [-0.15, -0.1) is 0 Å². The highest BCUT2D eigenvalue weighted by molar-refractivity contribution is 7.90. The Hall–Kier alpha value is -1.31. The smallest absolute Gasteiger partial charge is 0.175 e. The second-order valence-corrected chi connectivity index (χ2v) is 6.96. The minimum Gasteiger partial charge on any atom is -0.397 e. The molecule has 7 heteroatoms. The molecule has 0 radical (unpaired) electrons. The van der Waals surface area contributed by atoms with Crippen LogP contribution in [0.1, 0.15) is 0 Å². The van der Waals surface area contributed by atoms with E-state index in [1.807, 2.05) is 4.90 Å². The van der Waals surface area contributed by atoms with Gasteiger partial charge in [-0.2, -0.15) is 0 Å². The molecule has 6 nitrogen and oxygen atoms in total. The monoisotopic (exact) mass is 300 g/mol. The van der Waals surface area contributed by atoms with Crippen molar-refractivity contribution in [3.8, 4) is 0 Å². The SMILES string of the molecule is COC1CN(c2ccc(S(C)(=O)=O)cc2N)CC1OC. The average Bonchev–Trinajstić information content (AvgIpc) is 2.80. The van der Waals surface area contributed by atoms with E-state index in [1.54, 1.807) is 26.4 Å². The van der Waals surface area contributed by atoms with Crippen molar-refractivity contribution in [3.63, 3.8) is 0 Å². The number of ether oxygens (including phenoxy) is 2. The van der Waals surface area contributed by atoms with Crippen molar-refractivity contribution in [2.75, 3.05) is 44.2 Å². The van der Waals surface area contributed by atoms with Gasteiger partial charge in [-0.25, -0.2) is 8.42 Å². The van der Waals surface area contributed by atoms with Crippen molar-refractivity contribution in [2.24, 2.45) is 0 Å². The fraction of sp³-hybridized carbons (Fsp3) is 0.538. The van der Waals surface area contributed by atoms with Crippen LogP contribution in [0.3, 0.4) is 0 Å². The van der Waals surface area contributed by atoms with Crippen LogP contribution in [0.2, 0.25) is 0 Å². The Kier molecular flexibility index (Phi) is 4.22. The summed E-state index contributed by atoms with van der Waals surface area (Å²) in [6, 6.07) is 4.80. The maximum Gasteiger partial charge on any atom is 0.175 e. The molecule has 0 saturated carbocycles. The molecule has 20 heavy (non-hydrogen) atoms. The van der Waals surface area contributed by atoms with Gasteiger partial charge in [-0.1, -0.05) is 0 Å². The summed E-state index contributed by atoms with van der Waals surface area (Å²) in [7, 11) is 0.0538. The summed E-state index contributed by atoms with van der Waals surface area (Å²) in [5, 5.41) is 0. The van der Waals surface area contributed by atoms with Gasteiger partial charge in [-0.3, -0.25) is 0 Å². The molecule has 2 unspecified atom stereocenters. The number of rotatable bonds is 4. The maximum atomic E-state index is 11.5. The zero-order valence-corrected chi connectivity index (χ0v) is 12.7. The first kappa shape index (κ1) is 15.1. The van der Waals surface area contributed by atoms with Crippen LogP contribution in [0.4, 0.5) is 11.4 Å². The summed E-state index contributed by atoms with van der Waals surface area (Å²) < 4.78 is 33.8. The van der Waals surface area contributed by atoms with E-state index in [0.29, 0.717) is 18.8 Å². The molecular formula is C13H20N2O4S. The van der Waals surface area contributed by atoms with Crippen molar-refractivity contribution in [1.29, 1.82) is 0 Å². The third-order valence-corrected chi connectivity index (χ3v) is 4.70. The van der Waals surface area contributed by atoms with Crippen LogP contribution in [0.25, 0.3) is 0 Å². The summed E-state index contributed by atoms with van der Waals surface area (Å²) in [6.45, 7) is 1.33. The Morgan fingerprint density at radius 2 is 1.75 bits per heavy atom. The second kappa shape index (κ2) is 5.59. The average molecular weight is 300 g/mol. The molecule has 0 aromatic heterocycles. The molecule has 1 aromatic carbocycles. The minimum absolute atomic E-state index is 0.0195. The summed E-state index contributed by atoms with van der Waals surface area (Å²) in [4.78, 5) is 2.27. The van der Waals surface area contributed by atoms with Crippen LogP contribution >= 0.6 is 0 Å². The molecule has 2 rings (SSSR count). The molecule has 0 amide bonds. The normalized spacial score (nSPS) is 23.2. The van der Waals surface area contributed by atoms with Gasteiger partial charge < -0.3 is 20.1 Å². The van der Waals surface area contributed by atoms with E-state index in [0.717, 1.165) is 5.69 Å². The second-order valence-electron chi connectivity index (χ2n) is 4.95. The highest BCUT2D eigenvalue weighted by Crippen LogP contribution is 2.30. The van der Waals surface area contributed by atoms with Gasteiger partial charge in [0, 0.05) is 33.6 Å². The van der Waals surface area contributed by atoms with Gasteiger partial charge in [0.15, 0.2) is 9.84 Å². The van der Waals surface area contributed by atoms with Gasteiger partial charge in [0.05, 0.1) is 16.3 Å². The first-order valence-corrected chi connectivity index (χ1v) is 8.16. The van der Waals surface area contributed by atoms with Crippen molar-refractivity contribution in [2.45, 2.75) is 17.1 Å². The van der Waals surface area contributed by atoms with Crippen LogP contribution in [0.15, 0.2) is 23.1 Å². The Bertz CT molecular complexity index is 576. The number of benzene rings is 1. The molecule has 2 atom stereocenters. The first-order chi connectivity index (χ1) is 9.36. The molecule has 0 spiro atoms. The predicted octanol–water partition coefficient (Wildman–Crippen LogP) is 0.522. The highest BCUT2D eigenvalue weighted by atomic mass is 32.2. The molecule has 112 valence electrons. The van der Waals surface area contributed by atoms with E-state index in [1.165, 1.54) is 12.3 Å². The van der Waals surface area contributed by atoms with E-state index in [2.05, 4.69) is 0 Å². The lowest BCUT2D eigenvalue weighted by Crippen LogP contribution is -2.27. The molecule has 1 aliphatic rings. The molecule has 1 fully saturated rings. The molecule has 0 bridgehead atoms. The van der Waals surface area contributed by atoms with Gasteiger partial charge in [0.25, 0.3) is 0 Å². The van der Waals surface area contributed by atoms with Crippen LogP contribution in [-0.4, -0.2) is 54.2 Å². The van der Waals surface area contributed by atoms with Crippen molar-refractivity contribution in [1.82, 2.24) is 0 Å². The Labute approximate surface area is 119 Å². The molecule has 1 aliphatic heterocycles. The number of hydrogen-bond acceptors (Lipinski definition) is 6. The zero-order chi connectivity index (χ0) is 14.9. The standard InChI is InChI=1S/C13H20N2O4S/c1-18-12-7-15(8-13(12)19-2)11-5-4-9(6-10(11)14)20(3,16)17/h4-6,12-13H,7-8,14H2,1-3H3. The lowest BCUT2D eigenvalue weighted by atomic mass is 10.2. The predicted molar refractivity (Wildman–Crippen MR) is 77.8 cm³/mol. The van der Waals surface area contributed by atoms with E-state index in [4.69, 9.17) is 15.2 Å².